The van der Waals surface area contributed by atoms with Gasteiger partial charge < -0.3 is 10.5 Å². The predicted molar refractivity (Wildman–Crippen MR) is 75.4 cm³/mol. The summed E-state index contributed by atoms with van der Waals surface area (Å²) in [7, 11) is 1.40. The average Bonchev–Trinajstić information content (AvgIpc) is 2.50. The quantitative estimate of drug-likeness (QED) is 0.922. The average molecular weight is 262 g/mol. The van der Waals surface area contributed by atoms with E-state index in [0.717, 1.165) is 11.1 Å². The molecule has 102 valence electrons. The minimum absolute atomic E-state index is 0.00500. The lowest BCUT2D eigenvalue weighted by molar-refractivity contribution is 0.369. The number of pyridine rings is 1. The highest BCUT2D eigenvalue weighted by Gasteiger charge is 2.06. The third-order valence-corrected chi connectivity index (χ3v) is 2.49. The van der Waals surface area contributed by atoms with E-state index in [0.29, 0.717) is 12.2 Å². The van der Waals surface area contributed by atoms with Gasteiger partial charge in [0.05, 0.1) is 12.8 Å². The third kappa shape index (κ3) is 3.76. The van der Waals surface area contributed by atoms with Gasteiger partial charge in [0.1, 0.15) is 0 Å². The lowest BCUT2D eigenvalue weighted by Crippen LogP contribution is -1.96. The standard InChI is InChI=1S/C13H13FN2O.C2H6/c1-17-13-11(14)6-7-12(16-13)10-4-2-9(8-15)3-5-10;1-2/h2-7H,8,15H2,1H3;1-2H3. The SMILES string of the molecule is CC.COc1nc(-c2ccc(CN)cc2)ccc1F. The summed E-state index contributed by atoms with van der Waals surface area (Å²) in [5.74, 6) is -0.458. The number of hydrogen-bond donors (Lipinski definition) is 1. The number of ether oxygens (including phenoxy) is 1. The lowest BCUT2D eigenvalue weighted by atomic mass is 10.1. The second kappa shape index (κ2) is 7.48. The van der Waals surface area contributed by atoms with Crippen LogP contribution in [0, 0.1) is 5.82 Å². The molecule has 0 aliphatic carbocycles. The van der Waals surface area contributed by atoms with Crippen molar-refractivity contribution in [1.82, 2.24) is 4.98 Å². The van der Waals surface area contributed by atoms with Gasteiger partial charge in [0.15, 0.2) is 5.82 Å². The molecule has 0 saturated heterocycles. The van der Waals surface area contributed by atoms with Crippen molar-refractivity contribution in [2.24, 2.45) is 5.73 Å². The Kier molecular flexibility index (Phi) is 5.96. The number of nitrogens with zero attached hydrogens (tertiary/aromatic N) is 1. The Labute approximate surface area is 113 Å². The predicted octanol–water partition coefficient (Wildman–Crippen LogP) is 3.38. The Bertz CT molecular complexity index is 512. The van der Waals surface area contributed by atoms with Gasteiger partial charge >= 0.3 is 0 Å². The van der Waals surface area contributed by atoms with E-state index in [9.17, 15) is 4.39 Å². The highest BCUT2D eigenvalue weighted by molar-refractivity contribution is 5.60. The molecule has 2 aromatic rings. The fourth-order valence-corrected chi connectivity index (χ4v) is 1.54. The van der Waals surface area contributed by atoms with Gasteiger partial charge in [0, 0.05) is 12.1 Å². The Hall–Kier alpha value is -1.94. The molecule has 0 unspecified atom stereocenters. The summed E-state index contributed by atoms with van der Waals surface area (Å²) in [5.41, 5.74) is 8.14. The van der Waals surface area contributed by atoms with Crippen LogP contribution in [-0.4, -0.2) is 12.1 Å². The highest BCUT2D eigenvalue weighted by atomic mass is 19.1. The summed E-state index contributed by atoms with van der Waals surface area (Å²) in [6.45, 7) is 4.50. The zero-order valence-electron chi connectivity index (χ0n) is 11.5. The molecule has 1 aromatic carbocycles. The first kappa shape index (κ1) is 15.1. The van der Waals surface area contributed by atoms with Crippen molar-refractivity contribution >= 4 is 0 Å². The molecular weight excluding hydrogens is 243 g/mol. The van der Waals surface area contributed by atoms with Crippen LogP contribution in [0.25, 0.3) is 11.3 Å². The maximum atomic E-state index is 13.2. The van der Waals surface area contributed by atoms with Crippen molar-refractivity contribution in [1.29, 1.82) is 0 Å². The van der Waals surface area contributed by atoms with E-state index in [1.165, 1.54) is 13.2 Å². The summed E-state index contributed by atoms with van der Waals surface area (Å²) in [5, 5.41) is 0. The van der Waals surface area contributed by atoms with Crippen LogP contribution in [0.15, 0.2) is 36.4 Å². The number of benzene rings is 1. The van der Waals surface area contributed by atoms with E-state index >= 15 is 0 Å². The zero-order chi connectivity index (χ0) is 14.3. The summed E-state index contributed by atoms with van der Waals surface area (Å²) in [6, 6.07) is 10.6. The first-order chi connectivity index (χ1) is 9.24. The molecule has 4 heteroatoms. The zero-order valence-corrected chi connectivity index (χ0v) is 11.5. The van der Waals surface area contributed by atoms with Crippen LogP contribution in [-0.2, 0) is 6.54 Å². The number of hydrogen-bond acceptors (Lipinski definition) is 3. The molecule has 19 heavy (non-hydrogen) atoms. The highest BCUT2D eigenvalue weighted by Crippen LogP contribution is 2.22. The van der Waals surface area contributed by atoms with Gasteiger partial charge in [0.25, 0.3) is 5.88 Å². The summed E-state index contributed by atoms with van der Waals surface area (Å²) >= 11 is 0. The monoisotopic (exact) mass is 262 g/mol. The first-order valence-corrected chi connectivity index (χ1v) is 6.24. The van der Waals surface area contributed by atoms with Crippen LogP contribution >= 0.6 is 0 Å². The van der Waals surface area contributed by atoms with Crippen molar-refractivity contribution in [3.05, 3.63) is 47.8 Å². The number of nitrogens with two attached hydrogens (primary N) is 1. The number of halogens is 1. The van der Waals surface area contributed by atoms with Crippen LogP contribution in [0.4, 0.5) is 4.39 Å². The van der Waals surface area contributed by atoms with Crippen molar-refractivity contribution in [2.45, 2.75) is 20.4 Å². The Morgan fingerprint density at radius 1 is 1.11 bits per heavy atom. The van der Waals surface area contributed by atoms with Gasteiger partial charge in [-0.25, -0.2) is 9.37 Å². The molecule has 1 aromatic heterocycles. The van der Waals surface area contributed by atoms with Gasteiger partial charge in [-0.2, -0.15) is 0 Å². The maximum absolute atomic E-state index is 13.2. The number of methoxy groups -OCH3 is 1. The molecule has 0 fully saturated rings. The van der Waals surface area contributed by atoms with Gasteiger partial charge in [0.2, 0.25) is 0 Å². The molecule has 0 aliphatic rings. The second-order valence-electron chi connectivity index (χ2n) is 3.59. The molecule has 1 heterocycles. The van der Waals surface area contributed by atoms with Gasteiger partial charge in [-0.3, -0.25) is 0 Å². The number of rotatable bonds is 3. The van der Waals surface area contributed by atoms with Crippen LogP contribution in [0.2, 0.25) is 0 Å². The summed E-state index contributed by atoms with van der Waals surface area (Å²) in [6.07, 6.45) is 0. The van der Waals surface area contributed by atoms with Crippen LogP contribution < -0.4 is 10.5 Å². The molecule has 3 nitrogen and oxygen atoms in total. The molecule has 0 bridgehead atoms. The minimum Gasteiger partial charge on any atom is -0.479 e. The second-order valence-corrected chi connectivity index (χ2v) is 3.59. The molecule has 0 atom stereocenters. The van der Waals surface area contributed by atoms with Gasteiger partial charge in [-0.05, 0) is 17.7 Å². The Morgan fingerprint density at radius 3 is 2.26 bits per heavy atom. The fourth-order valence-electron chi connectivity index (χ4n) is 1.54. The molecule has 0 amide bonds. The molecule has 2 N–H and O–H groups in total. The minimum atomic E-state index is -0.463. The van der Waals surface area contributed by atoms with Crippen molar-refractivity contribution in [3.63, 3.8) is 0 Å². The van der Waals surface area contributed by atoms with Crippen LogP contribution in [0.1, 0.15) is 19.4 Å². The summed E-state index contributed by atoms with van der Waals surface area (Å²) < 4.78 is 18.0. The number of aromatic nitrogens is 1. The maximum Gasteiger partial charge on any atom is 0.250 e. The van der Waals surface area contributed by atoms with E-state index in [2.05, 4.69) is 4.98 Å². The molecule has 0 saturated carbocycles. The van der Waals surface area contributed by atoms with Crippen molar-refractivity contribution < 1.29 is 9.13 Å². The van der Waals surface area contributed by atoms with E-state index in [-0.39, 0.29) is 5.88 Å². The Morgan fingerprint density at radius 2 is 1.74 bits per heavy atom. The first-order valence-electron chi connectivity index (χ1n) is 6.24. The van der Waals surface area contributed by atoms with Gasteiger partial charge in [-0.1, -0.05) is 38.1 Å². The lowest BCUT2D eigenvalue weighted by Gasteiger charge is -2.05. The fraction of sp³-hybridized carbons (Fsp3) is 0.267. The van der Waals surface area contributed by atoms with Crippen molar-refractivity contribution in [3.8, 4) is 17.1 Å². The normalized spacial score (nSPS) is 9.53. The smallest absolute Gasteiger partial charge is 0.250 e. The van der Waals surface area contributed by atoms with E-state index < -0.39 is 5.82 Å². The third-order valence-electron chi connectivity index (χ3n) is 2.49. The van der Waals surface area contributed by atoms with Crippen LogP contribution in [0.3, 0.4) is 0 Å². The summed E-state index contributed by atoms with van der Waals surface area (Å²) in [4.78, 5) is 4.09. The van der Waals surface area contributed by atoms with Crippen LogP contribution in [0.5, 0.6) is 5.88 Å². The Balaban J connectivity index is 0.000000861. The molecule has 0 radical (unpaired) electrons. The van der Waals surface area contributed by atoms with Crippen molar-refractivity contribution in [2.75, 3.05) is 7.11 Å². The van der Waals surface area contributed by atoms with E-state index in [1.807, 2.05) is 38.1 Å². The van der Waals surface area contributed by atoms with Gasteiger partial charge in [-0.15, -0.1) is 0 Å². The van der Waals surface area contributed by atoms with E-state index in [1.54, 1.807) is 6.07 Å². The molecule has 2 rings (SSSR count). The molecular formula is C15H19FN2O. The molecule has 0 aliphatic heterocycles. The largest absolute Gasteiger partial charge is 0.479 e. The topological polar surface area (TPSA) is 48.1 Å². The molecule has 0 spiro atoms. The van der Waals surface area contributed by atoms with E-state index in [4.69, 9.17) is 10.5 Å².